The Balaban J connectivity index is 3.00. The monoisotopic (exact) mass is 497 g/mol. The number of hydrogen-bond acceptors (Lipinski definition) is 6. The standard InChI is InChI=1S/C26H47NO6Si/c1-18(2)34(19(3)4,20(5)6)32-17-22(15-27-25(28)33-26(7,8)9)31-16-21-12-13-23(29-10)24(14-21)30-11/h12-14,18-20,22H,15-17H2,1-11H3,(H,27,28). The van der Waals surface area contributed by atoms with Crippen molar-refractivity contribution in [2.75, 3.05) is 27.4 Å². The molecule has 1 aromatic rings. The van der Waals surface area contributed by atoms with Gasteiger partial charge in [-0.05, 0) is 55.1 Å². The Labute approximate surface area is 208 Å². The average molecular weight is 498 g/mol. The van der Waals surface area contributed by atoms with Crippen LogP contribution in [-0.4, -0.2) is 53.5 Å². The zero-order chi connectivity index (χ0) is 26.1. The van der Waals surface area contributed by atoms with Gasteiger partial charge in [0, 0.05) is 6.54 Å². The molecule has 1 atom stereocenters. The molecule has 0 aromatic heterocycles. The van der Waals surface area contributed by atoms with Crippen LogP contribution in [0.4, 0.5) is 4.79 Å². The minimum Gasteiger partial charge on any atom is -0.493 e. The van der Waals surface area contributed by atoms with Gasteiger partial charge in [-0.3, -0.25) is 0 Å². The van der Waals surface area contributed by atoms with E-state index in [2.05, 4.69) is 46.9 Å². The minimum atomic E-state index is -2.08. The van der Waals surface area contributed by atoms with Crippen LogP contribution >= 0.6 is 0 Å². The second-order valence-corrected chi connectivity index (χ2v) is 16.1. The normalized spacial score (nSPS) is 13.4. The SMILES string of the molecule is COc1ccc(COC(CNC(=O)OC(C)(C)C)CO[Si](C(C)C)(C(C)C)C(C)C)cc1OC. The predicted molar refractivity (Wildman–Crippen MR) is 139 cm³/mol. The largest absolute Gasteiger partial charge is 0.493 e. The summed E-state index contributed by atoms with van der Waals surface area (Å²) in [6, 6.07) is 5.69. The zero-order valence-electron chi connectivity index (χ0n) is 23.1. The van der Waals surface area contributed by atoms with E-state index in [1.165, 1.54) is 0 Å². The van der Waals surface area contributed by atoms with Crippen LogP contribution in [0.5, 0.6) is 11.5 Å². The van der Waals surface area contributed by atoms with Crippen LogP contribution in [0.15, 0.2) is 18.2 Å². The van der Waals surface area contributed by atoms with E-state index in [0.717, 1.165) is 5.56 Å². The fraction of sp³-hybridized carbons (Fsp3) is 0.731. The molecule has 0 spiro atoms. The van der Waals surface area contributed by atoms with Crippen LogP contribution in [0.25, 0.3) is 0 Å². The zero-order valence-corrected chi connectivity index (χ0v) is 24.1. The second-order valence-electron chi connectivity index (χ2n) is 10.6. The number of amides is 1. The first kappa shape index (κ1) is 30.3. The van der Waals surface area contributed by atoms with Gasteiger partial charge in [-0.2, -0.15) is 0 Å². The average Bonchev–Trinajstić information content (AvgIpc) is 2.73. The van der Waals surface area contributed by atoms with Gasteiger partial charge < -0.3 is 28.7 Å². The molecule has 0 radical (unpaired) electrons. The highest BCUT2D eigenvalue weighted by Gasteiger charge is 2.45. The van der Waals surface area contributed by atoms with Crippen molar-refractivity contribution in [3.8, 4) is 11.5 Å². The molecule has 0 aliphatic rings. The molecule has 0 heterocycles. The van der Waals surface area contributed by atoms with Crippen molar-refractivity contribution in [3.63, 3.8) is 0 Å². The summed E-state index contributed by atoms with van der Waals surface area (Å²) in [5.74, 6) is 1.31. The van der Waals surface area contributed by atoms with E-state index in [-0.39, 0.29) is 6.10 Å². The first-order chi connectivity index (χ1) is 15.8. The quantitative estimate of drug-likeness (QED) is 0.322. The molecule has 0 aliphatic heterocycles. The smallest absolute Gasteiger partial charge is 0.407 e. The molecule has 196 valence electrons. The maximum Gasteiger partial charge on any atom is 0.407 e. The third-order valence-corrected chi connectivity index (χ3v) is 12.1. The number of rotatable bonds is 13. The Kier molecular flexibility index (Phi) is 11.9. The summed E-state index contributed by atoms with van der Waals surface area (Å²) in [6.07, 6.45) is -0.795. The summed E-state index contributed by atoms with van der Waals surface area (Å²) in [5, 5.41) is 2.84. The molecule has 1 amide bonds. The molecule has 7 nitrogen and oxygen atoms in total. The number of carbonyl (C=O) groups excluding carboxylic acids is 1. The molecule has 0 fully saturated rings. The third-order valence-electron chi connectivity index (χ3n) is 6.03. The fourth-order valence-electron chi connectivity index (χ4n) is 4.60. The molecule has 34 heavy (non-hydrogen) atoms. The highest BCUT2D eigenvalue weighted by Crippen LogP contribution is 2.42. The van der Waals surface area contributed by atoms with Gasteiger partial charge in [0.05, 0.1) is 33.5 Å². The van der Waals surface area contributed by atoms with Crippen LogP contribution in [0.2, 0.25) is 16.6 Å². The predicted octanol–water partition coefficient (Wildman–Crippen LogP) is 6.31. The highest BCUT2D eigenvalue weighted by molar-refractivity contribution is 6.77. The number of benzene rings is 1. The molecule has 1 N–H and O–H groups in total. The van der Waals surface area contributed by atoms with E-state index in [4.69, 9.17) is 23.4 Å². The van der Waals surface area contributed by atoms with Gasteiger partial charge in [-0.25, -0.2) is 4.79 Å². The first-order valence-electron chi connectivity index (χ1n) is 12.2. The maximum atomic E-state index is 12.3. The molecule has 1 aromatic carbocycles. The van der Waals surface area contributed by atoms with Crippen LogP contribution in [0.1, 0.15) is 67.9 Å². The van der Waals surface area contributed by atoms with E-state index in [9.17, 15) is 4.79 Å². The van der Waals surface area contributed by atoms with Crippen LogP contribution in [0.3, 0.4) is 0 Å². The van der Waals surface area contributed by atoms with Gasteiger partial charge in [-0.1, -0.05) is 47.6 Å². The lowest BCUT2D eigenvalue weighted by Gasteiger charge is -2.43. The molecule has 0 aliphatic carbocycles. The summed E-state index contributed by atoms with van der Waals surface area (Å²) >= 11 is 0. The fourth-order valence-corrected chi connectivity index (χ4v) is 10.1. The summed E-state index contributed by atoms with van der Waals surface area (Å²) in [7, 11) is 1.14. The summed E-state index contributed by atoms with van der Waals surface area (Å²) < 4.78 is 29.1. The van der Waals surface area contributed by atoms with E-state index in [1.807, 2.05) is 39.0 Å². The van der Waals surface area contributed by atoms with Crippen molar-refractivity contribution in [1.29, 1.82) is 0 Å². The number of carbonyl (C=O) groups is 1. The van der Waals surface area contributed by atoms with Crippen LogP contribution in [-0.2, 0) is 20.5 Å². The molecule has 0 saturated heterocycles. The van der Waals surface area contributed by atoms with Crippen LogP contribution < -0.4 is 14.8 Å². The molecular weight excluding hydrogens is 450 g/mol. The van der Waals surface area contributed by atoms with Crippen molar-refractivity contribution in [2.24, 2.45) is 0 Å². The number of alkyl carbamates (subject to hydrolysis) is 1. The topological polar surface area (TPSA) is 75.3 Å². The van der Waals surface area contributed by atoms with Gasteiger partial charge in [0.15, 0.2) is 19.8 Å². The van der Waals surface area contributed by atoms with Crippen molar-refractivity contribution in [1.82, 2.24) is 5.32 Å². The van der Waals surface area contributed by atoms with Crippen molar-refractivity contribution in [3.05, 3.63) is 23.8 Å². The van der Waals surface area contributed by atoms with Gasteiger partial charge in [0.25, 0.3) is 0 Å². The highest BCUT2D eigenvalue weighted by atomic mass is 28.4. The van der Waals surface area contributed by atoms with E-state index in [1.54, 1.807) is 14.2 Å². The maximum absolute atomic E-state index is 12.3. The van der Waals surface area contributed by atoms with Crippen molar-refractivity contribution >= 4 is 14.4 Å². The van der Waals surface area contributed by atoms with E-state index >= 15 is 0 Å². The molecule has 1 rings (SSSR count). The van der Waals surface area contributed by atoms with Gasteiger partial charge >= 0.3 is 6.09 Å². The first-order valence-corrected chi connectivity index (χ1v) is 14.3. The third kappa shape index (κ3) is 8.78. The Morgan fingerprint density at radius 2 is 1.50 bits per heavy atom. The van der Waals surface area contributed by atoms with Gasteiger partial charge in [0.2, 0.25) is 0 Å². The van der Waals surface area contributed by atoms with E-state index in [0.29, 0.717) is 47.9 Å². The summed E-state index contributed by atoms with van der Waals surface area (Å²) in [5.41, 5.74) is 1.75. The summed E-state index contributed by atoms with van der Waals surface area (Å²) in [4.78, 5) is 12.3. The Morgan fingerprint density at radius 1 is 0.941 bits per heavy atom. The van der Waals surface area contributed by atoms with E-state index < -0.39 is 20.0 Å². The van der Waals surface area contributed by atoms with Gasteiger partial charge in [-0.15, -0.1) is 0 Å². The molecule has 0 bridgehead atoms. The number of ether oxygens (including phenoxy) is 4. The van der Waals surface area contributed by atoms with Crippen molar-refractivity contribution < 1.29 is 28.2 Å². The number of nitrogens with one attached hydrogen (secondary N) is 1. The number of hydrogen-bond donors (Lipinski definition) is 1. The lowest BCUT2D eigenvalue weighted by molar-refractivity contribution is 0.00161. The lowest BCUT2D eigenvalue weighted by Crippen LogP contribution is -2.50. The molecular formula is C26H47NO6Si. The van der Waals surface area contributed by atoms with Crippen molar-refractivity contribution in [2.45, 2.75) is 97.2 Å². The molecule has 8 heteroatoms. The van der Waals surface area contributed by atoms with Gasteiger partial charge in [0.1, 0.15) is 5.60 Å². The van der Waals surface area contributed by atoms with Crippen LogP contribution in [0, 0.1) is 0 Å². The summed E-state index contributed by atoms with van der Waals surface area (Å²) in [6.45, 7) is 20.1. The second kappa shape index (κ2) is 13.4. The minimum absolute atomic E-state index is 0.293. The molecule has 1 unspecified atom stereocenters. The molecule has 0 saturated carbocycles. The Hall–Kier alpha value is -1.77. The Morgan fingerprint density at radius 3 is 1.97 bits per heavy atom. The number of methoxy groups -OCH3 is 2. The lowest BCUT2D eigenvalue weighted by atomic mass is 10.2. The Bertz CT molecular complexity index is 738.